The molecule has 1 aliphatic heterocycles. The lowest BCUT2D eigenvalue weighted by atomic mass is 10.1. The van der Waals surface area contributed by atoms with E-state index in [2.05, 4.69) is 4.90 Å². The van der Waals surface area contributed by atoms with E-state index in [-0.39, 0.29) is 11.4 Å². The van der Waals surface area contributed by atoms with Gasteiger partial charge < -0.3 is 10.6 Å². The largest absolute Gasteiger partial charge is 0.336 e. The molecule has 2 N–H and O–H groups in total. The monoisotopic (exact) mass is 295 g/mol. The molecule has 0 radical (unpaired) electrons. The Morgan fingerprint density at radius 1 is 1.35 bits per heavy atom. The molecule has 4 nitrogen and oxygen atoms in total. The molecule has 0 aliphatic carbocycles. The van der Waals surface area contributed by atoms with Gasteiger partial charge in [0.15, 0.2) is 0 Å². The van der Waals surface area contributed by atoms with Crippen molar-refractivity contribution in [1.82, 2.24) is 9.80 Å². The number of carbonyl (C=O) groups excluding carboxylic acids is 1. The van der Waals surface area contributed by atoms with Crippen LogP contribution in [0.1, 0.15) is 19.4 Å². The molecule has 1 amide bonds. The van der Waals surface area contributed by atoms with E-state index in [1.165, 1.54) is 0 Å². The molecule has 1 fully saturated rings. The number of nitrogens with zero attached hydrogens (tertiary/aromatic N) is 2. The topological polar surface area (TPSA) is 49.6 Å². The Labute approximate surface area is 125 Å². The molecular weight excluding hydrogens is 274 g/mol. The number of amides is 1. The SMILES string of the molecule is CC(C)(N)CN1CCN(Cc2cccc(Cl)c2)C(=O)C1. The zero-order valence-corrected chi connectivity index (χ0v) is 12.9. The van der Waals surface area contributed by atoms with Gasteiger partial charge in [-0.2, -0.15) is 0 Å². The molecule has 1 aliphatic rings. The highest BCUT2D eigenvalue weighted by molar-refractivity contribution is 6.30. The summed E-state index contributed by atoms with van der Waals surface area (Å²) >= 11 is 5.97. The summed E-state index contributed by atoms with van der Waals surface area (Å²) in [5.41, 5.74) is 6.80. The smallest absolute Gasteiger partial charge is 0.237 e. The summed E-state index contributed by atoms with van der Waals surface area (Å²) in [6.07, 6.45) is 0. The van der Waals surface area contributed by atoms with Crippen molar-refractivity contribution >= 4 is 17.5 Å². The van der Waals surface area contributed by atoms with Crippen LogP contribution in [0.2, 0.25) is 5.02 Å². The van der Waals surface area contributed by atoms with Gasteiger partial charge in [0.2, 0.25) is 5.91 Å². The second-order valence-electron chi connectivity index (χ2n) is 6.14. The minimum Gasteiger partial charge on any atom is -0.336 e. The average Bonchev–Trinajstić information content (AvgIpc) is 2.31. The highest BCUT2D eigenvalue weighted by atomic mass is 35.5. The summed E-state index contributed by atoms with van der Waals surface area (Å²) in [6.45, 7) is 7.38. The molecular formula is C15H22ClN3O. The second kappa shape index (κ2) is 6.12. The summed E-state index contributed by atoms with van der Waals surface area (Å²) in [4.78, 5) is 16.2. The van der Waals surface area contributed by atoms with Crippen LogP contribution >= 0.6 is 11.6 Å². The fraction of sp³-hybridized carbons (Fsp3) is 0.533. The van der Waals surface area contributed by atoms with Crippen LogP contribution in [0.15, 0.2) is 24.3 Å². The molecule has 5 heteroatoms. The standard InChI is InChI=1S/C15H22ClN3O/c1-15(2,17)11-18-6-7-19(14(20)10-18)9-12-4-3-5-13(16)8-12/h3-5,8H,6-7,9-11,17H2,1-2H3. The summed E-state index contributed by atoms with van der Waals surface area (Å²) in [5.74, 6) is 0.153. The van der Waals surface area contributed by atoms with Crippen LogP contribution in [0, 0.1) is 0 Å². The van der Waals surface area contributed by atoms with Crippen molar-refractivity contribution in [2.24, 2.45) is 5.73 Å². The number of hydrogen-bond acceptors (Lipinski definition) is 3. The maximum atomic E-state index is 12.2. The van der Waals surface area contributed by atoms with Crippen LogP contribution in [0.3, 0.4) is 0 Å². The van der Waals surface area contributed by atoms with E-state index in [4.69, 9.17) is 17.3 Å². The van der Waals surface area contributed by atoms with Gasteiger partial charge in [0.1, 0.15) is 0 Å². The van der Waals surface area contributed by atoms with Crippen LogP contribution in [0.25, 0.3) is 0 Å². The van der Waals surface area contributed by atoms with E-state index < -0.39 is 0 Å². The van der Waals surface area contributed by atoms with Crippen molar-refractivity contribution in [2.45, 2.75) is 25.9 Å². The van der Waals surface area contributed by atoms with Gasteiger partial charge >= 0.3 is 0 Å². The first-order valence-corrected chi connectivity index (χ1v) is 7.25. The summed E-state index contributed by atoms with van der Waals surface area (Å²) < 4.78 is 0. The zero-order chi connectivity index (χ0) is 14.8. The van der Waals surface area contributed by atoms with Crippen molar-refractivity contribution in [3.8, 4) is 0 Å². The first-order chi connectivity index (χ1) is 9.33. The fourth-order valence-corrected chi connectivity index (χ4v) is 2.70. The van der Waals surface area contributed by atoms with Gasteiger partial charge in [-0.1, -0.05) is 23.7 Å². The molecule has 1 saturated heterocycles. The lowest BCUT2D eigenvalue weighted by molar-refractivity contribution is -0.136. The Balaban J connectivity index is 1.92. The number of benzene rings is 1. The van der Waals surface area contributed by atoms with E-state index in [0.717, 1.165) is 25.2 Å². The number of nitrogens with two attached hydrogens (primary N) is 1. The number of halogens is 1. The predicted molar refractivity (Wildman–Crippen MR) is 81.6 cm³/mol. The molecule has 1 heterocycles. The third-order valence-electron chi connectivity index (χ3n) is 3.29. The molecule has 0 saturated carbocycles. The van der Waals surface area contributed by atoms with E-state index >= 15 is 0 Å². The van der Waals surface area contributed by atoms with Crippen LogP contribution < -0.4 is 5.73 Å². The van der Waals surface area contributed by atoms with Gasteiger partial charge in [0, 0.05) is 36.7 Å². The van der Waals surface area contributed by atoms with Crippen molar-refractivity contribution < 1.29 is 4.79 Å². The first-order valence-electron chi connectivity index (χ1n) is 6.87. The van der Waals surface area contributed by atoms with Gasteiger partial charge in [-0.25, -0.2) is 0 Å². The maximum absolute atomic E-state index is 12.2. The third-order valence-corrected chi connectivity index (χ3v) is 3.53. The van der Waals surface area contributed by atoms with Gasteiger partial charge in [-0.15, -0.1) is 0 Å². The quantitative estimate of drug-likeness (QED) is 0.920. The molecule has 0 unspecified atom stereocenters. The Morgan fingerprint density at radius 2 is 2.10 bits per heavy atom. The molecule has 0 atom stereocenters. The highest BCUT2D eigenvalue weighted by Gasteiger charge is 2.26. The van der Waals surface area contributed by atoms with Crippen LogP contribution in [-0.4, -0.2) is 47.4 Å². The summed E-state index contributed by atoms with van der Waals surface area (Å²) in [5, 5.41) is 0.707. The van der Waals surface area contributed by atoms with E-state index in [9.17, 15) is 4.79 Å². The van der Waals surface area contributed by atoms with Crippen LogP contribution in [0.5, 0.6) is 0 Å². The van der Waals surface area contributed by atoms with E-state index in [1.807, 2.05) is 43.0 Å². The predicted octanol–water partition coefficient (Wildman–Crippen LogP) is 1.72. The number of piperazine rings is 1. The number of rotatable bonds is 4. The van der Waals surface area contributed by atoms with E-state index in [1.54, 1.807) is 0 Å². The molecule has 110 valence electrons. The average molecular weight is 296 g/mol. The minimum absolute atomic E-state index is 0.153. The Morgan fingerprint density at radius 3 is 2.70 bits per heavy atom. The molecule has 0 bridgehead atoms. The number of carbonyl (C=O) groups is 1. The molecule has 20 heavy (non-hydrogen) atoms. The van der Waals surface area contributed by atoms with Gasteiger partial charge in [-0.05, 0) is 31.5 Å². The van der Waals surface area contributed by atoms with Gasteiger partial charge in [0.25, 0.3) is 0 Å². The molecule has 0 aromatic heterocycles. The fourth-order valence-electron chi connectivity index (χ4n) is 2.49. The molecule has 1 aromatic rings. The Bertz CT molecular complexity index is 484. The third kappa shape index (κ3) is 4.47. The normalized spacial score (nSPS) is 17.6. The Kier molecular flexibility index (Phi) is 4.68. The lowest BCUT2D eigenvalue weighted by Gasteiger charge is -2.37. The summed E-state index contributed by atoms with van der Waals surface area (Å²) in [7, 11) is 0. The zero-order valence-electron chi connectivity index (χ0n) is 12.1. The number of hydrogen-bond donors (Lipinski definition) is 1. The molecule has 0 spiro atoms. The maximum Gasteiger partial charge on any atom is 0.237 e. The second-order valence-corrected chi connectivity index (χ2v) is 6.58. The first kappa shape index (κ1) is 15.3. The van der Waals surface area contributed by atoms with Gasteiger partial charge in [-0.3, -0.25) is 9.69 Å². The lowest BCUT2D eigenvalue weighted by Crippen LogP contribution is -2.55. The van der Waals surface area contributed by atoms with Crippen molar-refractivity contribution in [2.75, 3.05) is 26.2 Å². The van der Waals surface area contributed by atoms with Crippen molar-refractivity contribution in [1.29, 1.82) is 0 Å². The van der Waals surface area contributed by atoms with Crippen LogP contribution in [-0.2, 0) is 11.3 Å². The minimum atomic E-state index is -0.268. The van der Waals surface area contributed by atoms with E-state index in [0.29, 0.717) is 18.1 Å². The highest BCUT2D eigenvalue weighted by Crippen LogP contribution is 2.15. The van der Waals surface area contributed by atoms with Gasteiger partial charge in [0.05, 0.1) is 6.54 Å². The van der Waals surface area contributed by atoms with Crippen LogP contribution in [0.4, 0.5) is 0 Å². The summed E-state index contributed by atoms with van der Waals surface area (Å²) in [6, 6.07) is 7.65. The Hall–Kier alpha value is -1.10. The molecule has 2 rings (SSSR count). The van der Waals surface area contributed by atoms with Crippen molar-refractivity contribution in [3.63, 3.8) is 0 Å². The molecule has 1 aromatic carbocycles. The van der Waals surface area contributed by atoms with Crippen molar-refractivity contribution in [3.05, 3.63) is 34.9 Å².